The molecule has 0 spiro atoms. The molecule has 0 aliphatic rings. The van der Waals surface area contributed by atoms with Crippen molar-refractivity contribution in [2.75, 3.05) is 33.1 Å². The van der Waals surface area contributed by atoms with E-state index in [9.17, 15) is 9.59 Å². The van der Waals surface area contributed by atoms with Crippen molar-refractivity contribution in [3.63, 3.8) is 0 Å². The molecule has 0 bridgehead atoms. The first-order chi connectivity index (χ1) is 15.4. The zero-order valence-electron chi connectivity index (χ0n) is 20.9. The summed E-state index contributed by atoms with van der Waals surface area (Å²) in [5.74, 6) is 0.572. The molecule has 0 radical (unpaired) electrons. The summed E-state index contributed by atoms with van der Waals surface area (Å²) < 4.78 is 18.8. The first kappa shape index (κ1) is 26.7. The van der Waals surface area contributed by atoms with E-state index < -0.39 is 16.7 Å². The van der Waals surface area contributed by atoms with Gasteiger partial charge in [-0.25, -0.2) is 4.98 Å². The third-order valence-electron chi connectivity index (χ3n) is 6.24. The molecule has 2 heterocycles. The van der Waals surface area contributed by atoms with Gasteiger partial charge in [0.05, 0.1) is 6.61 Å². The summed E-state index contributed by atoms with van der Waals surface area (Å²) in [6.45, 7) is 11.8. The van der Waals surface area contributed by atoms with E-state index in [2.05, 4.69) is 41.0 Å². The van der Waals surface area contributed by atoms with Crippen molar-refractivity contribution >= 4 is 23.1 Å². The lowest BCUT2D eigenvalue weighted by atomic mass is 9.76. The Hall–Kier alpha value is -2.50. The smallest absolute Gasteiger partial charge is 0.326 e. The molecule has 0 aliphatic heterocycles. The van der Waals surface area contributed by atoms with Crippen LogP contribution in [0.4, 0.5) is 5.95 Å². The average molecular weight is 616 g/mol. The summed E-state index contributed by atoms with van der Waals surface area (Å²) in [5.41, 5.74) is 3.98. The topological polar surface area (TPSA) is 146 Å². The number of likely N-dealkylation sites (N-methyl/N-ethyl adjacent to an activating group) is 1. The van der Waals surface area contributed by atoms with E-state index in [0.717, 1.165) is 6.42 Å². The maximum Gasteiger partial charge on any atom is 0.326 e. The number of ether oxygens (including phenoxy) is 3. The van der Waals surface area contributed by atoms with Gasteiger partial charge >= 0.3 is 5.97 Å². The van der Waals surface area contributed by atoms with Crippen LogP contribution in [0.3, 0.4) is 0 Å². The molecule has 2 aromatic rings. The number of fused-ring (bicyclic) bond motifs is 1. The van der Waals surface area contributed by atoms with Crippen LogP contribution < -0.4 is 16.6 Å². The molecule has 11 heteroatoms. The Balaban J connectivity index is -0.00000000220. The van der Waals surface area contributed by atoms with E-state index >= 15 is 0 Å². The van der Waals surface area contributed by atoms with Crippen molar-refractivity contribution in [1.82, 2.24) is 24.8 Å². The number of carbonyl (C=O) groups is 1. The number of aromatic amines is 1. The Morgan fingerprint density at radius 3 is 2.52 bits per heavy atom. The van der Waals surface area contributed by atoms with Crippen molar-refractivity contribution in [1.29, 1.82) is 0 Å². The number of nitrogens with two attached hydrogens (primary N) is 1. The number of carbonyl (C=O) groups excluding carboxylic acids is 1. The van der Waals surface area contributed by atoms with Crippen LogP contribution >= 0.6 is 0 Å². The maximum absolute atomic E-state index is 13.1. The van der Waals surface area contributed by atoms with Crippen LogP contribution in [-0.2, 0) is 25.7 Å². The number of nitrogen functional groups attached to an aromatic ring is 1. The van der Waals surface area contributed by atoms with E-state index in [1.54, 1.807) is 32.6 Å². The van der Waals surface area contributed by atoms with Crippen LogP contribution in [0.1, 0.15) is 152 Å². The van der Waals surface area contributed by atoms with Gasteiger partial charge in [-0.2, -0.15) is 4.98 Å². The molecule has 3 atom stereocenters. The molecule has 2 rings (SSSR count). The van der Waals surface area contributed by atoms with E-state index in [-0.39, 0.29) is 149 Å². The number of aromatic nitrogens is 4. The maximum atomic E-state index is 13.1. The number of imidazole rings is 1. The van der Waals surface area contributed by atoms with Crippen molar-refractivity contribution in [3.05, 3.63) is 16.2 Å². The van der Waals surface area contributed by atoms with Gasteiger partial charge in [0.25, 0.3) is 5.56 Å². The van der Waals surface area contributed by atoms with Crippen LogP contribution in [-0.4, -0.2) is 64.0 Å². The largest absolute Gasteiger partial charge is 0.461 e. The molecule has 0 aliphatic carbocycles. The monoisotopic (exact) mass is 615 g/mol. The highest BCUT2D eigenvalue weighted by Crippen LogP contribution is 2.29. The van der Waals surface area contributed by atoms with Gasteiger partial charge < -0.3 is 25.3 Å². The minimum Gasteiger partial charge on any atom is -0.461 e. The Bertz CT molecular complexity index is 1110. The number of esters is 1. The number of hydrogen-bond donors (Lipinski definition) is 3. The molecule has 0 saturated heterocycles. The van der Waals surface area contributed by atoms with Gasteiger partial charge in [0.2, 0.25) is 5.95 Å². The summed E-state index contributed by atoms with van der Waals surface area (Å²) in [7, 11) is 3.32. The quantitative estimate of drug-likeness (QED) is 0.198. The molecule has 0 saturated carbocycles. The summed E-state index contributed by atoms with van der Waals surface area (Å²) >= 11 is 0. The van der Waals surface area contributed by atoms with Gasteiger partial charge in [0.15, 0.2) is 11.2 Å². The third-order valence-corrected chi connectivity index (χ3v) is 6.24. The summed E-state index contributed by atoms with van der Waals surface area (Å²) in [6, 6.07) is 0. The van der Waals surface area contributed by atoms with Crippen molar-refractivity contribution < 1.29 is 125 Å². The van der Waals surface area contributed by atoms with Crippen LogP contribution in [0, 0.1) is 18.8 Å². The Morgan fingerprint density at radius 2 is 1.97 bits per heavy atom. The van der Waals surface area contributed by atoms with Gasteiger partial charge in [-0.05, 0) is 39.7 Å². The minimum atomic E-state index is -0.950. The number of hydrogen-bond acceptors (Lipinski definition) is 9. The van der Waals surface area contributed by atoms with Gasteiger partial charge in [0.1, 0.15) is 30.3 Å². The van der Waals surface area contributed by atoms with Gasteiger partial charge in [-0.1, -0.05) is 27.2 Å². The van der Waals surface area contributed by atoms with Gasteiger partial charge in [-0.3, -0.25) is 19.1 Å². The number of aryl methyl sites for hydroxylation is 1. The van der Waals surface area contributed by atoms with Crippen LogP contribution in [0.5, 0.6) is 0 Å². The fraction of sp³-hybridized carbons (Fsp3) is 0.727. The normalized spacial score (nSPS) is 16.5. The minimum absolute atomic E-state index is 0. The van der Waals surface area contributed by atoms with E-state index in [1.807, 2.05) is 6.92 Å². The molecule has 11 nitrogen and oxygen atoms in total. The highest BCUT2D eigenvalue weighted by molar-refractivity contribution is 5.81. The van der Waals surface area contributed by atoms with Crippen LogP contribution in [0.25, 0.3) is 11.2 Å². The second-order valence-electron chi connectivity index (χ2n) is 9.15. The number of nitrogens with zero attached hydrogens (tertiary/aromatic N) is 3. The number of nitrogens with one attached hydrogen (secondary N) is 2. The first-order valence-corrected chi connectivity index (χ1v) is 11.1. The van der Waals surface area contributed by atoms with Gasteiger partial charge in [-0.15, -0.1) is 0 Å². The number of methoxy groups -OCH3 is 1. The molecule has 0 amide bonds. The molecule has 33 heavy (non-hydrogen) atoms. The molecule has 0 aromatic carbocycles. The third kappa shape index (κ3) is 5.71. The number of anilines is 1. The van der Waals surface area contributed by atoms with E-state index in [1.165, 1.54) is 0 Å². The summed E-state index contributed by atoms with van der Waals surface area (Å²) in [6.07, 6.45) is 0.832. The Morgan fingerprint density at radius 1 is 1.30 bits per heavy atom. The van der Waals surface area contributed by atoms with Gasteiger partial charge in [0, 0.05) is 113 Å². The molecular weight excluding hydrogens is 428 g/mol. The highest BCUT2D eigenvalue weighted by atomic mass is 16.6. The molecule has 4 N–H and O–H groups in total. The fourth-order valence-corrected chi connectivity index (χ4v) is 4.29. The predicted octanol–water partition coefficient (Wildman–Crippen LogP) is 19.8. The van der Waals surface area contributed by atoms with Crippen molar-refractivity contribution in [3.8, 4) is 0 Å². The molecule has 1 unspecified atom stereocenters. The number of H-pyrrole nitrogens is 1. The standard InChI is InChI=1S/C22H38N6O5.74H2/c1-9-15(13(2)3)22(6,24-7)19(30)32-11-21(5,10-31-8)33-12-28-14(4)25-16-17(28)26-20(23)27-18(16)29;;;;;;;;;;;;;;;;;;;;;;;;;;;;;;;;;;;;;;;;;;;;;;;;;;;;;;;;;;;;;;;;;;;;;;;;;;/h13,15,24H,9-12H2,1-8H3,(H3,23,26,27,29);74*1H/t15-,21?,22+;;;;;;;;;;;;;;;;;;;;;;;;;;;;;;;;;;;;;;;;;;;;;;;;;;;;;;;;;;;;;;;;;;;;;;;;;;/m1........................................................................../s1. The summed E-state index contributed by atoms with van der Waals surface area (Å²) in [5, 5.41) is 3.16. The van der Waals surface area contributed by atoms with Crippen molar-refractivity contribution in [2.45, 2.75) is 65.8 Å². The van der Waals surface area contributed by atoms with Crippen molar-refractivity contribution in [2.24, 2.45) is 11.8 Å². The molecule has 0 fully saturated rings. The fourth-order valence-electron chi connectivity index (χ4n) is 4.29. The lowest BCUT2D eigenvalue weighted by Crippen LogP contribution is -2.56. The van der Waals surface area contributed by atoms with Crippen LogP contribution in [0.2, 0.25) is 0 Å². The Kier molecular flexibility index (Phi) is 8.61. The number of rotatable bonds is 12. The second kappa shape index (κ2) is 10.6. The molecular formula is C22H186N6O5. The average Bonchev–Trinajstić information content (AvgIpc) is 3.06. The summed E-state index contributed by atoms with van der Waals surface area (Å²) in [4.78, 5) is 36.1. The second-order valence-corrected chi connectivity index (χ2v) is 9.15. The zero-order chi connectivity index (χ0) is 25.0. The highest BCUT2D eigenvalue weighted by Gasteiger charge is 2.43. The van der Waals surface area contributed by atoms with E-state index in [4.69, 9.17) is 19.9 Å². The predicted molar refractivity (Wildman–Crippen MR) is 282 cm³/mol. The molecule has 2 aromatic heterocycles. The van der Waals surface area contributed by atoms with E-state index in [0.29, 0.717) is 17.4 Å². The lowest BCUT2D eigenvalue weighted by molar-refractivity contribution is -0.174. The zero-order valence-corrected chi connectivity index (χ0v) is 20.9. The lowest BCUT2D eigenvalue weighted by Gasteiger charge is -2.38. The Labute approximate surface area is 304 Å². The molecule has 334 valence electrons. The van der Waals surface area contributed by atoms with Crippen LogP contribution in [0.15, 0.2) is 4.79 Å². The SMILES string of the molecule is CC[C@H](C(C)C)[C@](C)(NC)C(=O)OCC(C)(COC)OCn1c(C)nc2c(=O)[nH]c(N)nc21.[HH].[HH].[HH].[HH].[HH].[HH].[HH].[HH].[HH].[HH].[HH].[HH].[HH].[HH].[HH].[HH].[HH].[HH].[HH].[HH].[HH].[HH].[HH].[HH].[HH].[HH].[HH].[HH].[HH].[HH].[HH].[HH].[HH].[HH].[HH].[HH].[HH].[HH].[HH].[HH].[HH].[HH].[HH].[HH].[HH].[HH].[HH].[HH].[HH].[HH].[HH].[HH].[HH].[HH].[HH].[HH].[HH].[HH].[HH].[HH].[HH].[HH].[HH].[HH].[HH].[HH].[HH].[HH].[HH].[HH].[HH].[HH].[HH].[HH]. The first-order valence-electron chi connectivity index (χ1n) is 11.1.